The lowest BCUT2D eigenvalue weighted by Gasteiger charge is -2.27. The number of nitrogens with one attached hydrogen (secondary N) is 2. The van der Waals surface area contributed by atoms with Gasteiger partial charge in [-0.2, -0.15) is 0 Å². The molecule has 1 heterocycles. The third-order valence-electron chi connectivity index (χ3n) is 5.56. The van der Waals surface area contributed by atoms with Crippen molar-refractivity contribution in [1.29, 1.82) is 0 Å². The number of rotatable bonds is 8. The summed E-state index contributed by atoms with van der Waals surface area (Å²) in [5, 5.41) is 6.92. The number of ether oxygens (including phenoxy) is 1. The summed E-state index contributed by atoms with van der Waals surface area (Å²) in [4.78, 5) is 15.0. The molecule has 0 bridgehead atoms. The molecule has 1 saturated heterocycles. The summed E-state index contributed by atoms with van der Waals surface area (Å²) in [5.74, 6) is -0.210. The number of hydrogen-bond acceptors (Lipinski definition) is 4. The largest absolute Gasteiger partial charge is 0.379 e. The van der Waals surface area contributed by atoms with Gasteiger partial charge in [-0.15, -0.1) is 0 Å². The summed E-state index contributed by atoms with van der Waals surface area (Å²) in [7, 11) is 0. The van der Waals surface area contributed by atoms with Crippen LogP contribution in [-0.4, -0.2) is 37.1 Å². The summed E-state index contributed by atoms with van der Waals surface area (Å²) in [6.45, 7) is 6.03. The quantitative estimate of drug-likeness (QED) is 0.522. The molecule has 0 radical (unpaired) electrons. The first-order chi connectivity index (χ1) is 15.7. The second-order valence-corrected chi connectivity index (χ2v) is 8.30. The van der Waals surface area contributed by atoms with Gasteiger partial charge in [-0.1, -0.05) is 60.1 Å². The van der Waals surface area contributed by atoms with E-state index in [4.69, 9.17) is 16.3 Å². The molecule has 0 saturated carbocycles. The average molecular weight is 450 g/mol. The second-order valence-electron chi connectivity index (χ2n) is 7.90. The number of morpholine rings is 1. The van der Waals surface area contributed by atoms with Crippen molar-refractivity contribution in [2.24, 2.45) is 0 Å². The lowest BCUT2D eigenvalue weighted by molar-refractivity contribution is 0.0340. The summed E-state index contributed by atoms with van der Waals surface area (Å²) in [6, 6.07) is 23.5. The average Bonchev–Trinajstić information content (AvgIpc) is 2.81. The van der Waals surface area contributed by atoms with Crippen molar-refractivity contribution in [2.75, 3.05) is 31.6 Å². The molecule has 5 nitrogen and oxygen atoms in total. The maximum Gasteiger partial charge on any atom is 0.257 e. The van der Waals surface area contributed by atoms with Gasteiger partial charge in [-0.25, -0.2) is 0 Å². The standard InChI is InChI=1S/C26H28ClN3O2/c27-25-11-4-3-10-24(25)26(31)29-23-9-5-6-20(16-23)17-28-18-21-7-1-2-8-22(21)19-30-12-14-32-15-13-30/h1-11,16,28H,12-15,17-19H2,(H,29,31). The first kappa shape index (κ1) is 22.5. The maximum atomic E-state index is 12.5. The first-order valence-electron chi connectivity index (χ1n) is 10.9. The van der Waals surface area contributed by atoms with Gasteiger partial charge in [0.15, 0.2) is 0 Å². The van der Waals surface area contributed by atoms with Gasteiger partial charge >= 0.3 is 0 Å². The molecule has 1 fully saturated rings. The van der Waals surface area contributed by atoms with Crippen LogP contribution in [0.5, 0.6) is 0 Å². The molecule has 0 aliphatic carbocycles. The minimum atomic E-state index is -0.210. The number of carbonyl (C=O) groups excluding carboxylic acids is 1. The van der Waals surface area contributed by atoms with E-state index in [0.717, 1.165) is 50.6 Å². The van der Waals surface area contributed by atoms with Crippen molar-refractivity contribution in [1.82, 2.24) is 10.2 Å². The van der Waals surface area contributed by atoms with Crippen molar-refractivity contribution >= 4 is 23.2 Å². The van der Waals surface area contributed by atoms with E-state index < -0.39 is 0 Å². The highest BCUT2D eigenvalue weighted by Crippen LogP contribution is 2.18. The Morgan fingerprint density at radius 2 is 1.66 bits per heavy atom. The molecule has 0 atom stereocenters. The second kappa shape index (κ2) is 11.2. The molecule has 1 amide bonds. The Labute approximate surface area is 194 Å². The van der Waals surface area contributed by atoms with Gasteiger partial charge in [-0.05, 0) is 41.0 Å². The smallest absolute Gasteiger partial charge is 0.257 e. The summed E-state index contributed by atoms with van der Waals surface area (Å²) >= 11 is 6.14. The minimum absolute atomic E-state index is 0.210. The van der Waals surface area contributed by atoms with E-state index in [-0.39, 0.29) is 5.91 Å². The third-order valence-corrected chi connectivity index (χ3v) is 5.89. The number of hydrogen-bond donors (Lipinski definition) is 2. The van der Waals surface area contributed by atoms with Crippen molar-refractivity contribution in [3.05, 3.63) is 100 Å². The van der Waals surface area contributed by atoms with E-state index in [1.807, 2.05) is 24.3 Å². The highest BCUT2D eigenvalue weighted by atomic mass is 35.5. The molecule has 0 spiro atoms. The minimum Gasteiger partial charge on any atom is -0.379 e. The highest BCUT2D eigenvalue weighted by Gasteiger charge is 2.13. The predicted molar refractivity (Wildman–Crippen MR) is 129 cm³/mol. The Kier molecular flexibility index (Phi) is 7.91. The van der Waals surface area contributed by atoms with E-state index in [2.05, 4.69) is 45.9 Å². The van der Waals surface area contributed by atoms with Crippen LogP contribution in [0.15, 0.2) is 72.8 Å². The number of nitrogens with zero attached hydrogens (tertiary/aromatic N) is 1. The van der Waals surface area contributed by atoms with Gasteiger partial charge in [-0.3, -0.25) is 9.69 Å². The van der Waals surface area contributed by atoms with E-state index in [9.17, 15) is 4.79 Å². The summed E-state index contributed by atoms with van der Waals surface area (Å²) < 4.78 is 5.46. The molecule has 3 aromatic rings. The zero-order valence-electron chi connectivity index (χ0n) is 18.0. The Bertz CT molecular complexity index is 1050. The van der Waals surface area contributed by atoms with E-state index in [0.29, 0.717) is 17.1 Å². The van der Waals surface area contributed by atoms with Gasteiger partial charge in [0, 0.05) is 38.4 Å². The summed E-state index contributed by atoms with van der Waals surface area (Å²) in [6.07, 6.45) is 0. The molecule has 1 aliphatic heterocycles. The van der Waals surface area contributed by atoms with Crippen molar-refractivity contribution in [2.45, 2.75) is 19.6 Å². The van der Waals surface area contributed by atoms with Gasteiger partial charge in [0.05, 0.1) is 23.8 Å². The topological polar surface area (TPSA) is 53.6 Å². The fraction of sp³-hybridized carbons (Fsp3) is 0.269. The summed E-state index contributed by atoms with van der Waals surface area (Å²) in [5.41, 5.74) is 4.98. The molecule has 3 aromatic carbocycles. The van der Waals surface area contributed by atoms with Crippen LogP contribution in [-0.2, 0) is 24.4 Å². The third kappa shape index (κ3) is 6.17. The Morgan fingerprint density at radius 3 is 2.47 bits per heavy atom. The van der Waals surface area contributed by atoms with Crippen LogP contribution >= 0.6 is 11.6 Å². The van der Waals surface area contributed by atoms with E-state index in [1.165, 1.54) is 11.1 Å². The fourth-order valence-corrected chi connectivity index (χ4v) is 4.05. The predicted octanol–water partition coefficient (Wildman–Crippen LogP) is 4.71. The molecule has 0 unspecified atom stereocenters. The Hall–Kier alpha value is -2.70. The van der Waals surface area contributed by atoms with Gasteiger partial charge < -0.3 is 15.4 Å². The Balaban J connectivity index is 1.33. The zero-order chi connectivity index (χ0) is 22.2. The molecular weight excluding hydrogens is 422 g/mol. The first-order valence-corrected chi connectivity index (χ1v) is 11.3. The van der Waals surface area contributed by atoms with Crippen LogP contribution in [0.2, 0.25) is 5.02 Å². The molecule has 6 heteroatoms. The number of carbonyl (C=O) groups is 1. The zero-order valence-corrected chi connectivity index (χ0v) is 18.8. The van der Waals surface area contributed by atoms with E-state index in [1.54, 1.807) is 18.2 Å². The van der Waals surface area contributed by atoms with E-state index >= 15 is 0 Å². The molecule has 4 rings (SSSR count). The van der Waals surface area contributed by atoms with Crippen molar-refractivity contribution in [3.8, 4) is 0 Å². The van der Waals surface area contributed by atoms with Crippen LogP contribution in [0, 0.1) is 0 Å². The molecule has 0 aromatic heterocycles. The molecule has 1 aliphatic rings. The number of anilines is 1. The Morgan fingerprint density at radius 1 is 0.906 bits per heavy atom. The van der Waals surface area contributed by atoms with Crippen LogP contribution < -0.4 is 10.6 Å². The molecular formula is C26H28ClN3O2. The van der Waals surface area contributed by atoms with Crippen molar-refractivity contribution < 1.29 is 9.53 Å². The van der Waals surface area contributed by atoms with Gasteiger partial charge in [0.2, 0.25) is 0 Å². The fourth-order valence-electron chi connectivity index (χ4n) is 3.83. The van der Waals surface area contributed by atoms with Gasteiger partial charge in [0.25, 0.3) is 5.91 Å². The lowest BCUT2D eigenvalue weighted by Crippen LogP contribution is -2.36. The van der Waals surface area contributed by atoms with Crippen molar-refractivity contribution in [3.63, 3.8) is 0 Å². The van der Waals surface area contributed by atoms with Gasteiger partial charge in [0.1, 0.15) is 0 Å². The lowest BCUT2D eigenvalue weighted by atomic mass is 10.1. The number of halogens is 1. The molecule has 2 N–H and O–H groups in total. The highest BCUT2D eigenvalue weighted by molar-refractivity contribution is 6.34. The monoisotopic (exact) mass is 449 g/mol. The van der Waals surface area contributed by atoms with Crippen LogP contribution in [0.25, 0.3) is 0 Å². The SMILES string of the molecule is O=C(Nc1cccc(CNCc2ccccc2CN2CCOCC2)c1)c1ccccc1Cl. The normalized spacial score (nSPS) is 14.3. The number of benzene rings is 3. The van der Waals surface area contributed by atoms with Crippen LogP contribution in [0.4, 0.5) is 5.69 Å². The maximum absolute atomic E-state index is 12.5. The molecule has 166 valence electrons. The number of amides is 1. The van der Waals surface area contributed by atoms with Crippen LogP contribution in [0.3, 0.4) is 0 Å². The molecule has 32 heavy (non-hydrogen) atoms. The van der Waals surface area contributed by atoms with Crippen LogP contribution in [0.1, 0.15) is 27.0 Å².